The van der Waals surface area contributed by atoms with Crippen LogP contribution in [0.5, 0.6) is 5.75 Å². The van der Waals surface area contributed by atoms with Gasteiger partial charge in [-0.25, -0.2) is 0 Å². The summed E-state index contributed by atoms with van der Waals surface area (Å²) in [4.78, 5) is 21.5. The highest BCUT2D eigenvalue weighted by atomic mass is 16.6. The van der Waals surface area contributed by atoms with Crippen molar-refractivity contribution in [2.45, 2.75) is 20.3 Å². The standard InChI is InChI=1S/C13H15NO4/c1-9(2)6-7-18-11-4-5-13(14(16)17)12(8-11)10(3)15/h4-5,8H,1,6-7H2,2-3H3. The van der Waals surface area contributed by atoms with Crippen LogP contribution < -0.4 is 4.74 Å². The van der Waals surface area contributed by atoms with Crippen LogP contribution in [-0.2, 0) is 0 Å². The fourth-order valence-corrected chi connectivity index (χ4v) is 1.39. The maximum absolute atomic E-state index is 11.3. The molecule has 0 heterocycles. The number of rotatable bonds is 6. The maximum atomic E-state index is 11.3. The van der Waals surface area contributed by atoms with Crippen LogP contribution >= 0.6 is 0 Å². The molecule has 5 nitrogen and oxygen atoms in total. The Morgan fingerprint density at radius 3 is 2.61 bits per heavy atom. The van der Waals surface area contributed by atoms with E-state index < -0.39 is 4.92 Å². The van der Waals surface area contributed by atoms with Gasteiger partial charge in [0.15, 0.2) is 5.78 Å². The Hall–Kier alpha value is -2.17. The topological polar surface area (TPSA) is 69.4 Å². The average molecular weight is 249 g/mol. The number of hydrogen-bond acceptors (Lipinski definition) is 4. The molecule has 0 bridgehead atoms. The molecule has 0 spiro atoms. The van der Waals surface area contributed by atoms with Crippen molar-refractivity contribution < 1.29 is 14.5 Å². The second kappa shape index (κ2) is 5.95. The minimum Gasteiger partial charge on any atom is -0.493 e. The summed E-state index contributed by atoms with van der Waals surface area (Å²) in [7, 11) is 0. The lowest BCUT2D eigenvalue weighted by atomic mass is 10.1. The molecule has 0 aliphatic rings. The highest BCUT2D eigenvalue weighted by Gasteiger charge is 2.17. The SMILES string of the molecule is C=C(C)CCOc1ccc([N+](=O)[O-])c(C(C)=O)c1. The van der Waals surface area contributed by atoms with E-state index in [4.69, 9.17) is 4.74 Å². The molecule has 0 radical (unpaired) electrons. The van der Waals surface area contributed by atoms with Gasteiger partial charge in [0.2, 0.25) is 0 Å². The summed E-state index contributed by atoms with van der Waals surface area (Å²) in [6.07, 6.45) is 0.701. The van der Waals surface area contributed by atoms with Crippen LogP contribution in [0.15, 0.2) is 30.4 Å². The fourth-order valence-electron chi connectivity index (χ4n) is 1.39. The molecule has 0 amide bonds. The molecule has 0 aliphatic carbocycles. The van der Waals surface area contributed by atoms with Crippen LogP contribution in [0.3, 0.4) is 0 Å². The largest absolute Gasteiger partial charge is 0.493 e. The molecule has 1 aromatic carbocycles. The van der Waals surface area contributed by atoms with Crippen LogP contribution in [0, 0.1) is 10.1 Å². The fraction of sp³-hybridized carbons (Fsp3) is 0.308. The number of Topliss-reactive ketones (excluding diaryl/α,β-unsaturated/α-hetero) is 1. The molecule has 5 heteroatoms. The highest BCUT2D eigenvalue weighted by molar-refractivity contribution is 5.98. The first-order valence-corrected chi connectivity index (χ1v) is 5.48. The predicted molar refractivity (Wildman–Crippen MR) is 68.0 cm³/mol. The minimum atomic E-state index is -0.575. The van der Waals surface area contributed by atoms with E-state index in [-0.39, 0.29) is 17.0 Å². The Bertz CT molecular complexity index is 494. The van der Waals surface area contributed by atoms with Gasteiger partial charge in [-0.05, 0) is 26.0 Å². The Morgan fingerprint density at radius 1 is 1.44 bits per heavy atom. The molecule has 0 aliphatic heterocycles. The van der Waals surface area contributed by atoms with Gasteiger partial charge < -0.3 is 4.74 Å². The summed E-state index contributed by atoms with van der Waals surface area (Å²) in [5, 5.41) is 10.7. The Kier molecular flexibility index (Phi) is 4.59. The van der Waals surface area contributed by atoms with Crippen LogP contribution in [-0.4, -0.2) is 17.3 Å². The molecule has 18 heavy (non-hydrogen) atoms. The van der Waals surface area contributed by atoms with Crippen molar-refractivity contribution in [3.05, 3.63) is 46.0 Å². The molecule has 0 aromatic heterocycles. The molecular weight excluding hydrogens is 234 g/mol. The minimum absolute atomic E-state index is 0.0628. The second-order valence-corrected chi connectivity index (χ2v) is 4.05. The molecule has 0 saturated heterocycles. The van der Waals surface area contributed by atoms with E-state index in [0.29, 0.717) is 18.8 Å². The van der Waals surface area contributed by atoms with Crippen LogP contribution in [0.2, 0.25) is 0 Å². The number of benzene rings is 1. The van der Waals surface area contributed by atoms with E-state index in [1.54, 1.807) is 0 Å². The number of nitro benzene ring substituents is 1. The summed E-state index contributed by atoms with van der Waals surface area (Å²) in [6, 6.07) is 4.18. The number of nitrogens with zero attached hydrogens (tertiary/aromatic N) is 1. The molecule has 0 saturated carbocycles. The normalized spacial score (nSPS) is 9.89. The molecule has 1 aromatic rings. The third-order valence-electron chi connectivity index (χ3n) is 2.34. The first kappa shape index (κ1) is 13.9. The van der Waals surface area contributed by atoms with Crippen molar-refractivity contribution in [3.63, 3.8) is 0 Å². The number of carbonyl (C=O) groups excluding carboxylic acids is 1. The van der Waals surface area contributed by atoms with Crippen LogP contribution in [0.4, 0.5) is 5.69 Å². The lowest BCUT2D eigenvalue weighted by Gasteiger charge is -2.07. The molecule has 0 fully saturated rings. The highest BCUT2D eigenvalue weighted by Crippen LogP contribution is 2.24. The molecule has 0 N–H and O–H groups in total. The molecule has 0 unspecified atom stereocenters. The van der Waals surface area contributed by atoms with Gasteiger partial charge in [-0.3, -0.25) is 14.9 Å². The Labute approximate surface area is 105 Å². The number of nitro groups is 1. The van der Waals surface area contributed by atoms with Crippen molar-refractivity contribution in [1.29, 1.82) is 0 Å². The number of hydrogen-bond donors (Lipinski definition) is 0. The summed E-state index contributed by atoms with van der Waals surface area (Å²) >= 11 is 0. The van der Waals surface area contributed by atoms with Gasteiger partial charge in [-0.15, -0.1) is 6.58 Å². The van der Waals surface area contributed by atoms with Gasteiger partial charge in [-0.1, -0.05) is 5.57 Å². The maximum Gasteiger partial charge on any atom is 0.280 e. The second-order valence-electron chi connectivity index (χ2n) is 4.05. The predicted octanol–water partition coefficient (Wildman–Crippen LogP) is 3.14. The van der Waals surface area contributed by atoms with Gasteiger partial charge in [-0.2, -0.15) is 0 Å². The van der Waals surface area contributed by atoms with Gasteiger partial charge in [0.25, 0.3) is 5.69 Å². The number of carbonyl (C=O) groups is 1. The molecular formula is C13H15NO4. The zero-order chi connectivity index (χ0) is 13.7. The van der Waals surface area contributed by atoms with Gasteiger partial charge in [0.1, 0.15) is 5.75 Å². The van der Waals surface area contributed by atoms with E-state index in [2.05, 4.69) is 6.58 Å². The van der Waals surface area contributed by atoms with Gasteiger partial charge in [0, 0.05) is 12.5 Å². The van der Waals surface area contributed by atoms with Crippen LogP contribution in [0.1, 0.15) is 30.6 Å². The van der Waals surface area contributed by atoms with Gasteiger partial charge >= 0.3 is 0 Å². The lowest BCUT2D eigenvalue weighted by molar-refractivity contribution is -0.385. The molecule has 96 valence electrons. The summed E-state index contributed by atoms with van der Waals surface area (Å²) in [6.45, 7) is 7.36. The molecule has 0 atom stereocenters. The Morgan fingerprint density at radius 2 is 2.11 bits per heavy atom. The van der Waals surface area contributed by atoms with Crippen molar-refractivity contribution in [1.82, 2.24) is 0 Å². The zero-order valence-corrected chi connectivity index (χ0v) is 10.4. The van der Waals surface area contributed by atoms with Crippen molar-refractivity contribution in [2.24, 2.45) is 0 Å². The third kappa shape index (κ3) is 3.69. The van der Waals surface area contributed by atoms with E-state index in [9.17, 15) is 14.9 Å². The zero-order valence-electron chi connectivity index (χ0n) is 10.4. The van der Waals surface area contributed by atoms with Crippen molar-refractivity contribution in [2.75, 3.05) is 6.61 Å². The quantitative estimate of drug-likeness (QED) is 0.336. The number of ether oxygens (including phenoxy) is 1. The van der Waals surface area contributed by atoms with Crippen molar-refractivity contribution >= 4 is 11.5 Å². The van der Waals surface area contributed by atoms with E-state index in [1.165, 1.54) is 25.1 Å². The Balaban J connectivity index is 2.90. The van der Waals surface area contributed by atoms with E-state index in [0.717, 1.165) is 5.57 Å². The first-order valence-electron chi connectivity index (χ1n) is 5.48. The van der Waals surface area contributed by atoms with Crippen LogP contribution in [0.25, 0.3) is 0 Å². The molecule has 1 rings (SSSR count). The average Bonchev–Trinajstić information content (AvgIpc) is 2.28. The number of ketones is 1. The van der Waals surface area contributed by atoms with Gasteiger partial charge in [0.05, 0.1) is 17.1 Å². The smallest absolute Gasteiger partial charge is 0.280 e. The first-order chi connectivity index (χ1) is 8.41. The lowest BCUT2D eigenvalue weighted by Crippen LogP contribution is -2.03. The van der Waals surface area contributed by atoms with E-state index in [1.807, 2.05) is 6.92 Å². The van der Waals surface area contributed by atoms with Crippen molar-refractivity contribution in [3.8, 4) is 5.75 Å². The summed E-state index contributed by atoms with van der Waals surface area (Å²) in [5.41, 5.74) is 0.853. The summed E-state index contributed by atoms with van der Waals surface area (Å²) in [5.74, 6) is 0.0964. The summed E-state index contributed by atoms with van der Waals surface area (Å²) < 4.78 is 5.41. The third-order valence-corrected chi connectivity index (χ3v) is 2.34. The monoisotopic (exact) mass is 249 g/mol. The van der Waals surface area contributed by atoms with E-state index >= 15 is 0 Å².